The first-order valence-electron chi connectivity index (χ1n) is 4.78. The lowest BCUT2D eigenvalue weighted by molar-refractivity contribution is -0.138. The van der Waals surface area contributed by atoms with Crippen LogP contribution in [0.25, 0.3) is 16.5 Å². The second-order valence-corrected chi connectivity index (χ2v) is 4.73. The van der Waals surface area contributed by atoms with Crippen molar-refractivity contribution in [3.63, 3.8) is 0 Å². The number of carbonyl (C=O) groups excluding carboxylic acids is 1. The van der Waals surface area contributed by atoms with Crippen molar-refractivity contribution in [1.82, 2.24) is 0 Å². The van der Waals surface area contributed by atoms with Gasteiger partial charge in [0.15, 0.2) is 0 Å². The first-order chi connectivity index (χ1) is 8.08. The Balaban J connectivity index is 3.05. The number of ether oxygens (including phenoxy) is 1. The monoisotopic (exact) mass is 271 g/mol. The number of carbonyl (C=O) groups is 1. The molecule has 0 aliphatic heterocycles. The van der Waals surface area contributed by atoms with Crippen LogP contribution in [0.15, 0.2) is 16.9 Å². The minimum Gasteiger partial charge on any atom is -0.462 e. The number of aryl methyl sites for hydroxylation is 1. The summed E-state index contributed by atoms with van der Waals surface area (Å²) >= 11 is 7.20. The number of hydrogen-bond donors (Lipinski definition) is 0. The minimum absolute atomic E-state index is 0.0766. The SMILES string of the molecule is CCOC(=O)/C(=C/c1cc(C)c(Cl)s1)N=[N+]=[N-]. The molecular formula is C10H10ClN3O2S. The van der Waals surface area contributed by atoms with E-state index in [2.05, 4.69) is 10.0 Å². The summed E-state index contributed by atoms with van der Waals surface area (Å²) in [6.07, 6.45) is 1.46. The predicted octanol–water partition coefficient (Wildman–Crippen LogP) is 3.92. The van der Waals surface area contributed by atoms with E-state index >= 15 is 0 Å². The Bertz CT molecular complexity index is 484. The number of esters is 1. The predicted molar refractivity (Wildman–Crippen MR) is 67.8 cm³/mol. The number of nitrogens with zero attached hydrogens (tertiary/aromatic N) is 3. The van der Waals surface area contributed by atoms with Crippen LogP contribution in [-0.2, 0) is 9.53 Å². The number of rotatable bonds is 4. The summed E-state index contributed by atoms with van der Waals surface area (Å²) in [5.41, 5.74) is 9.21. The Kier molecular flexibility index (Phi) is 5.03. The molecule has 90 valence electrons. The highest BCUT2D eigenvalue weighted by Crippen LogP contribution is 2.28. The fourth-order valence-electron chi connectivity index (χ4n) is 1.07. The topological polar surface area (TPSA) is 75.1 Å². The number of hydrogen-bond acceptors (Lipinski definition) is 4. The molecule has 5 nitrogen and oxygen atoms in total. The Morgan fingerprint density at radius 1 is 1.76 bits per heavy atom. The van der Waals surface area contributed by atoms with Gasteiger partial charge in [-0.2, -0.15) is 0 Å². The van der Waals surface area contributed by atoms with E-state index in [0.29, 0.717) is 4.34 Å². The van der Waals surface area contributed by atoms with Gasteiger partial charge in [-0.15, -0.1) is 11.3 Å². The summed E-state index contributed by atoms with van der Waals surface area (Å²) < 4.78 is 5.40. The lowest BCUT2D eigenvalue weighted by Gasteiger charge is -1.99. The fourth-order valence-corrected chi connectivity index (χ4v) is 2.23. The number of halogens is 1. The maximum absolute atomic E-state index is 11.4. The van der Waals surface area contributed by atoms with Crippen molar-refractivity contribution in [3.05, 3.63) is 37.0 Å². The van der Waals surface area contributed by atoms with Gasteiger partial charge in [-0.1, -0.05) is 16.7 Å². The molecule has 0 N–H and O–H groups in total. The summed E-state index contributed by atoms with van der Waals surface area (Å²) in [7, 11) is 0. The van der Waals surface area contributed by atoms with Crippen molar-refractivity contribution in [3.8, 4) is 0 Å². The zero-order valence-electron chi connectivity index (χ0n) is 9.31. The lowest BCUT2D eigenvalue weighted by atomic mass is 10.3. The normalized spacial score (nSPS) is 10.9. The molecule has 1 heterocycles. The smallest absolute Gasteiger partial charge is 0.340 e. The van der Waals surface area contributed by atoms with Gasteiger partial charge in [0.25, 0.3) is 0 Å². The van der Waals surface area contributed by atoms with Gasteiger partial charge in [-0.05, 0) is 37.1 Å². The molecule has 0 aliphatic carbocycles. The van der Waals surface area contributed by atoms with Crippen molar-refractivity contribution in [1.29, 1.82) is 0 Å². The zero-order chi connectivity index (χ0) is 12.8. The van der Waals surface area contributed by atoms with Crippen LogP contribution in [0.3, 0.4) is 0 Å². The summed E-state index contributed by atoms with van der Waals surface area (Å²) in [5.74, 6) is -0.646. The van der Waals surface area contributed by atoms with Crippen molar-refractivity contribution in [2.45, 2.75) is 13.8 Å². The molecule has 0 spiro atoms. The van der Waals surface area contributed by atoms with E-state index in [9.17, 15) is 4.79 Å². The third kappa shape index (κ3) is 3.78. The molecule has 0 unspecified atom stereocenters. The third-order valence-electron chi connectivity index (χ3n) is 1.79. The van der Waals surface area contributed by atoms with Crippen LogP contribution in [0.1, 0.15) is 17.4 Å². The van der Waals surface area contributed by atoms with E-state index in [1.807, 2.05) is 6.92 Å². The molecule has 0 radical (unpaired) electrons. The highest BCUT2D eigenvalue weighted by molar-refractivity contribution is 7.17. The van der Waals surface area contributed by atoms with Gasteiger partial charge in [0, 0.05) is 9.79 Å². The fraction of sp³-hybridized carbons (Fsp3) is 0.300. The quantitative estimate of drug-likeness (QED) is 0.274. The van der Waals surface area contributed by atoms with Crippen LogP contribution in [0.2, 0.25) is 4.34 Å². The largest absolute Gasteiger partial charge is 0.462 e. The van der Waals surface area contributed by atoms with E-state index in [1.54, 1.807) is 13.0 Å². The molecule has 7 heteroatoms. The molecule has 0 saturated heterocycles. The average molecular weight is 272 g/mol. The summed E-state index contributed by atoms with van der Waals surface area (Å²) in [6.45, 7) is 3.76. The molecule has 1 aromatic rings. The summed E-state index contributed by atoms with van der Waals surface area (Å²) in [6, 6.07) is 1.80. The first-order valence-corrected chi connectivity index (χ1v) is 5.97. The third-order valence-corrected chi connectivity index (χ3v) is 3.29. The van der Waals surface area contributed by atoms with Gasteiger partial charge >= 0.3 is 5.97 Å². The Hall–Kier alpha value is -1.49. The molecular weight excluding hydrogens is 262 g/mol. The summed E-state index contributed by atoms with van der Waals surface area (Å²) in [4.78, 5) is 14.8. The Morgan fingerprint density at radius 3 is 2.94 bits per heavy atom. The highest BCUT2D eigenvalue weighted by Gasteiger charge is 2.10. The lowest BCUT2D eigenvalue weighted by Crippen LogP contribution is -2.05. The second kappa shape index (κ2) is 6.30. The van der Waals surface area contributed by atoms with Crippen molar-refractivity contribution in [2.24, 2.45) is 5.11 Å². The van der Waals surface area contributed by atoms with Crippen LogP contribution >= 0.6 is 22.9 Å². The van der Waals surface area contributed by atoms with Crippen molar-refractivity contribution >= 4 is 35.0 Å². The van der Waals surface area contributed by atoms with E-state index in [4.69, 9.17) is 21.9 Å². The minimum atomic E-state index is -0.646. The van der Waals surface area contributed by atoms with Crippen LogP contribution in [-0.4, -0.2) is 12.6 Å². The van der Waals surface area contributed by atoms with Gasteiger partial charge in [0.1, 0.15) is 5.70 Å². The first kappa shape index (κ1) is 13.6. The van der Waals surface area contributed by atoms with Crippen LogP contribution < -0.4 is 0 Å². The molecule has 0 fully saturated rings. The van der Waals surface area contributed by atoms with Gasteiger partial charge in [-0.25, -0.2) is 4.79 Å². The molecule has 0 amide bonds. The van der Waals surface area contributed by atoms with Crippen molar-refractivity contribution < 1.29 is 9.53 Å². The average Bonchev–Trinajstić information content (AvgIpc) is 2.58. The van der Waals surface area contributed by atoms with Crippen LogP contribution in [0.4, 0.5) is 0 Å². The van der Waals surface area contributed by atoms with E-state index in [1.165, 1.54) is 17.4 Å². The molecule has 0 bridgehead atoms. The Labute approximate surface area is 107 Å². The number of azide groups is 1. The maximum Gasteiger partial charge on any atom is 0.340 e. The van der Waals surface area contributed by atoms with Crippen LogP contribution in [0, 0.1) is 6.92 Å². The van der Waals surface area contributed by atoms with Gasteiger partial charge < -0.3 is 4.74 Å². The zero-order valence-corrected chi connectivity index (χ0v) is 10.9. The molecule has 17 heavy (non-hydrogen) atoms. The van der Waals surface area contributed by atoms with Gasteiger partial charge in [0.05, 0.1) is 10.9 Å². The van der Waals surface area contributed by atoms with E-state index in [-0.39, 0.29) is 12.3 Å². The number of thiophene rings is 1. The van der Waals surface area contributed by atoms with E-state index in [0.717, 1.165) is 10.4 Å². The van der Waals surface area contributed by atoms with Crippen LogP contribution in [0.5, 0.6) is 0 Å². The molecule has 1 aromatic heterocycles. The van der Waals surface area contributed by atoms with E-state index < -0.39 is 5.97 Å². The maximum atomic E-state index is 11.4. The molecule has 1 rings (SSSR count). The molecule has 0 aliphatic rings. The van der Waals surface area contributed by atoms with Gasteiger partial charge in [0.2, 0.25) is 0 Å². The molecule has 0 saturated carbocycles. The van der Waals surface area contributed by atoms with Gasteiger partial charge in [-0.3, -0.25) is 0 Å². The molecule has 0 aromatic carbocycles. The second-order valence-electron chi connectivity index (χ2n) is 3.04. The highest BCUT2D eigenvalue weighted by atomic mass is 35.5. The summed E-state index contributed by atoms with van der Waals surface area (Å²) in [5, 5.41) is 3.31. The molecule has 0 atom stereocenters. The standard InChI is InChI=1S/C10H10ClN3O2S/c1-3-16-10(15)8(13-14-12)5-7-4-6(2)9(11)17-7/h4-5H,3H2,1-2H3/b8-5-. The Morgan fingerprint density at radius 2 is 2.47 bits per heavy atom. The van der Waals surface area contributed by atoms with Crippen molar-refractivity contribution in [2.75, 3.05) is 6.61 Å².